The molecule has 6 heteroatoms. The topological polar surface area (TPSA) is 59.4 Å². The second-order valence-electron chi connectivity index (χ2n) is 7.34. The number of carbonyl (C=O) groups is 1. The van der Waals surface area contributed by atoms with Crippen molar-refractivity contribution < 1.29 is 9.53 Å². The number of nitrogens with one attached hydrogen (secondary N) is 1. The summed E-state index contributed by atoms with van der Waals surface area (Å²) >= 11 is 0. The number of hydrogen-bond acceptors (Lipinski definition) is 4. The maximum Gasteiger partial charge on any atom is 0.228 e. The van der Waals surface area contributed by atoms with Crippen molar-refractivity contribution in [3.63, 3.8) is 0 Å². The molecule has 1 saturated heterocycles. The van der Waals surface area contributed by atoms with Gasteiger partial charge in [0.25, 0.3) is 0 Å². The Kier molecular flexibility index (Phi) is 5.30. The lowest BCUT2D eigenvalue weighted by Crippen LogP contribution is -2.40. The number of para-hydroxylation sites is 4. The molecule has 2 heterocycles. The van der Waals surface area contributed by atoms with Crippen molar-refractivity contribution >= 4 is 22.6 Å². The van der Waals surface area contributed by atoms with Crippen LogP contribution >= 0.6 is 0 Å². The Bertz CT molecular complexity index is 982. The fourth-order valence-electron chi connectivity index (χ4n) is 3.93. The molecule has 1 atom stereocenters. The Morgan fingerprint density at radius 1 is 1.21 bits per heavy atom. The second-order valence-corrected chi connectivity index (χ2v) is 7.34. The molecule has 0 unspecified atom stereocenters. The van der Waals surface area contributed by atoms with E-state index < -0.39 is 0 Å². The number of fused-ring (bicyclic) bond motifs is 1. The van der Waals surface area contributed by atoms with Gasteiger partial charge in [-0.3, -0.25) is 9.69 Å². The molecule has 3 aromatic rings. The van der Waals surface area contributed by atoms with Gasteiger partial charge in [-0.1, -0.05) is 24.3 Å². The molecule has 0 saturated carbocycles. The summed E-state index contributed by atoms with van der Waals surface area (Å²) in [5.74, 6) is 1.74. The fourth-order valence-corrected chi connectivity index (χ4v) is 3.93. The van der Waals surface area contributed by atoms with E-state index in [-0.39, 0.29) is 11.8 Å². The van der Waals surface area contributed by atoms with Gasteiger partial charge in [-0.05, 0) is 43.7 Å². The van der Waals surface area contributed by atoms with Crippen molar-refractivity contribution in [3.8, 4) is 5.75 Å². The molecule has 146 valence electrons. The van der Waals surface area contributed by atoms with Crippen LogP contribution in [-0.2, 0) is 18.4 Å². The number of benzene rings is 2. The van der Waals surface area contributed by atoms with Crippen molar-refractivity contribution in [1.29, 1.82) is 0 Å². The summed E-state index contributed by atoms with van der Waals surface area (Å²) in [4.78, 5) is 19.9. The van der Waals surface area contributed by atoms with Crippen LogP contribution in [0.3, 0.4) is 0 Å². The first kappa shape index (κ1) is 18.5. The van der Waals surface area contributed by atoms with E-state index in [9.17, 15) is 4.79 Å². The van der Waals surface area contributed by atoms with Gasteiger partial charge in [-0.2, -0.15) is 0 Å². The van der Waals surface area contributed by atoms with Gasteiger partial charge in [0.05, 0.1) is 36.3 Å². The molecular weight excluding hydrogens is 352 g/mol. The van der Waals surface area contributed by atoms with Gasteiger partial charge in [0.1, 0.15) is 11.6 Å². The number of nitrogens with zero attached hydrogens (tertiary/aromatic N) is 3. The van der Waals surface area contributed by atoms with Crippen LogP contribution in [0.15, 0.2) is 48.5 Å². The van der Waals surface area contributed by atoms with E-state index in [1.165, 1.54) is 0 Å². The number of hydrogen-bond donors (Lipinski definition) is 1. The molecular formula is C22H26N4O2. The zero-order valence-electron chi connectivity index (χ0n) is 16.4. The van der Waals surface area contributed by atoms with Gasteiger partial charge >= 0.3 is 0 Å². The van der Waals surface area contributed by atoms with Crippen molar-refractivity contribution in [2.75, 3.05) is 25.5 Å². The van der Waals surface area contributed by atoms with Crippen LogP contribution < -0.4 is 10.1 Å². The number of aryl methyl sites for hydroxylation is 1. The first-order valence-electron chi connectivity index (χ1n) is 9.72. The lowest BCUT2D eigenvalue weighted by molar-refractivity contribution is -0.121. The minimum Gasteiger partial charge on any atom is -0.495 e. The Balaban J connectivity index is 1.43. The summed E-state index contributed by atoms with van der Waals surface area (Å²) in [6.07, 6.45) is 1.91. The van der Waals surface area contributed by atoms with Gasteiger partial charge in [0.15, 0.2) is 0 Å². The molecule has 1 aliphatic heterocycles. The van der Waals surface area contributed by atoms with Gasteiger partial charge in [-0.15, -0.1) is 0 Å². The lowest BCUT2D eigenvalue weighted by atomic mass is 9.97. The lowest BCUT2D eigenvalue weighted by Gasteiger charge is -2.31. The monoisotopic (exact) mass is 378 g/mol. The molecule has 28 heavy (non-hydrogen) atoms. The van der Waals surface area contributed by atoms with Crippen LogP contribution in [0.5, 0.6) is 5.75 Å². The molecule has 6 nitrogen and oxygen atoms in total. The summed E-state index contributed by atoms with van der Waals surface area (Å²) in [6, 6.07) is 15.7. The van der Waals surface area contributed by atoms with Gasteiger partial charge in [-0.25, -0.2) is 4.98 Å². The number of piperidine rings is 1. The molecule has 1 aliphatic rings. The van der Waals surface area contributed by atoms with Crippen LogP contribution in [0.4, 0.5) is 5.69 Å². The maximum absolute atomic E-state index is 12.8. The number of amides is 1. The average molecular weight is 378 g/mol. The molecule has 0 radical (unpaired) electrons. The molecule has 1 fully saturated rings. The number of aromatic nitrogens is 2. The van der Waals surface area contributed by atoms with Crippen LogP contribution in [0.1, 0.15) is 18.7 Å². The molecule has 4 rings (SSSR count). The molecule has 0 spiro atoms. The third-order valence-corrected chi connectivity index (χ3v) is 5.49. The minimum absolute atomic E-state index is 0.0339. The summed E-state index contributed by atoms with van der Waals surface area (Å²) < 4.78 is 7.49. The predicted molar refractivity (Wildman–Crippen MR) is 110 cm³/mol. The van der Waals surface area contributed by atoms with Gasteiger partial charge in [0.2, 0.25) is 5.91 Å². The van der Waals surface area contributed by atoms with E-state index in [4.69, 9.17) is 9.72 Å². The highest BCUT2D eigenvalue weighted by Gasteiger charge is 2.27. The normalized spacial score (nSPS) is 17.6. The number of ether oxygens (including phenoxy) is 1. The third kappa shape index (κ3) is 3.73. The van der Waals surface area contributed by atoms with E-state index in [0.717, 1.165) is 55.0 Å². The largest absolute Gasteiger partial charge is 0.495 e. The smallest absolute Gasteiger partial charge is 0.228 e. The van der Waals surface area contributed by atoms with Crippen LogP contribution in [0.2, 0.25) is 0 Å². The highest BCUT2D eigenvalue weighted by atomic mass is 16.5. The van der Waals surface area contributed by atoms with Crippen molar-refractivity contribution in [2.24, 2.45) is 13.0 Å². The highest BCUT2D eigenvalue weighted by molar-refractivity contribution is 5.94. The number of imidazole rings is 1. The number of likely N-dealkylation sites (tertiary alicyclic amines) is 1. The van der Waals surface area contributed by atoms with Crippen molar-refractivity contribution in [2.45, 2.75) is 19.4 Å². The van der Waals surface area contributed by atoms with Gasteiger partial charge in [0, 0.05) is 13.6 Å². The van der Waals surface area contributed by atoms with E-state index in [1.54, 1.807) is 7.11 Å². The Morgan fingerprint density at radius 2 is 2.00 bits per heavy atom. The standard InChI is InChI=1S/C22H26N4O2/c1-25-19-11-5-3-9-17(19)23-21(25)15-26-13-7-8-16(14-26)22(27)24-18-10-4-6-12-20(18)28-2/h3-6,9-12,16H,7-8,13-15H2,1-2H3,(H,24,27)/t16-/m0/s1. The third-order valence-electron chi connectivity index (χ3n) is 5.49. The zero-order valence-corrected chi connectivity index (χ0v) is 16.4. The van der Waals surface area contributed by atoms with E-state index in [0.29, 0.717) is 5.75 Å². The Hall–Kier alpha value is -2.86. The van der Waals surface area contributed by atoms with E-state index in [1.807, 2.05) is 42.5 Å². The average Bonchev–Trinajstić information content (AvgIpc) is 3.04. The zero-order chi connectivity index (χ0) is 19.5. The number of methoxy groups -OCH3 is 1. The first-order valence-corrected chi connectivity index (χ1v) is 9.72. The molecule has 1 N–H and O–H groups in total. The van der Waals surface area contributed by atoms with Crippen LogP contribution in [0, 0.1) is 5.92 Å². The van der Waals surface area contributed by atoms with E-state index in [2.05, 4.69) is 27.9 Å². The molecule has 0 bridgehead atoms. The van der Waals surface area contributed by atoms with Gasteiger partial charge < -0.3 is 14.6 Å². The number of carbonyl (C=O) groups excluding carboxylic acids is 1. The molecule has 2 aromatic carbocycles. The van der Waals surface area contributed by atoms with Crippen molar-refractivity contribution in [1.82, 2.24) is 14.5 Å². The summed E-state index contributed by atoms with van der Waals surface area (Å²) in [7, 11) is 3.67. The first-order chi connectivity index (χ1) is 13.7. The molecule has 1 aromatic heterocycles. The Morgan fingerprint density at radius 3 is 2.82 bits per heavy atom. The minimum atomic E-state index is -0.0339. The molecule has 1 amide bonds. The van der Waals surface area contributed by atoms with E-state index >= 15 is 0 Å². The van der Waals surface area contributed by atoms with Crippen molar-refractivity contribution in [3.05, 3.63) is 54.4 Å². The molecule has 0 aliphatic carbocycles. The quantitative estimate of drug-likeness (QED) is 0.739. The summed E-state index contributed by atoms with van der Waals surface area (Å²) in [5.41, 5.74) is 2.88. The SMILES string of the molecule is COc1ccccc1NC(=O)[C@H]1CCCN(Cc2nc3ccccc3n2C)C1. The highest BCUT2D eigenvalue weighted by Crippen LogP contribution is 2.26. The second kappa shape index (κ2) is 8.02. The number of anilines is 1. The number of rotatable bonds is 5. The van der Waals surface area contributed by atoms with Crippen LogP contribution in [-0.4, -0.2) is 40.6 Å². The van der Waals surface area contributed by atoms with Crippen LogP contribution in [0.25, 0.3) is 11.0 Å². The summed E-state index contributed by atoms with van der Waals surface area (Å²) in [6.45, 7) is 2.48. The summed E-state index contributed by atoms with van der Waals surface area (Å²) in [5, 5.41) is 3.04. The fraction of sp³-hybridized carbons (Fsp3) is 0.364. The predicted octanol–water partition coefficient (Wildman–Crippen LogP) is 3.43. The maximum atomic E-state index is 12.8. The Labute approximate surface area is 165 Å².